The lowest BCUT2D eigenvalue weighted by molar-refractivity contribution is 0.148. The molecule has 0 aliphatic carbocycles. The molecule has 0 bridgehead atoms. The summed E-state index contributed by atoms with van der Waals surface area (Å²) in [5.41, 5.74) is 0. The lowest BCUT2D eigenvalue weighted by atomic mass is 10.2. The van der Waals surface area contributed by atoms with E-state index >= 15 is 0 Å². The van der Waals surface area contributed by atoms with E-state index in [2.05, 4.69) is 31.1 Å². The zero-order valence-electron chi connectivity index (χ0n) is 10.9. The highest BCUT2D eigenvalue weighted by atomic mass is 16.5. The molecule has 0 amide bonds. The second-order valence-electron chi connectivity index (χ2n) is 4.07. The van der Waals surface area contributed by atoms with E-state index < -0.39 is 0 Å². The van der Waals surface area contributed by atoms with Crippen molar-refractivity contribution in [3.63, 3.8) is 0 Å². The average molecular weight is 216 g/mol. The molecular formula is C12H28N2O. The number of rotatable bonds is 10. The topological polar surface area (TPSA) is 24.5 Å². The lowest BCUT2D eigenvalue weighted by Crippen LogP contribution is -2.36. The third-order valence-electron chi connectivity index (χ3n) is 2.73. The van der Waals surface area contributed by atoms with Crippen LogP contribution in [-0.4, -0.2) is 50.8 Å². The molecule has 0 radical (unpaired) electrons. The van der Waals surface area contributed by atoms with E-state index in [1.165, 1.54) is 12.8 Å². The maximum Gasteiger partial charge on any atom is 0.0590 e. The maximum atomic E-state index is 5.25. The van der Waals surface area contributed by atoms with Gasteiger partial charge in [0.15, 0.2) is 0 Å². The molecule has 15 heavy (non-hydrogen) atoms. The number of ether oxygens (including phenoxy) is 1. The smallest absolute Gasteiger partial charge is 0.0590 e. The second-order valence-corrected chi connectivity index (χ2v) is 4.07. The van der Waals surface area contributed by atoms with Crippen LogP contribution in [-0.2, 0) is 4.74 Å². The molecule has 92 valence electrons. The van der Waals surface area contributed by atoms with Crippen molar-refractivity contribution < 1.29 is 4.74 Å². The van der Waals surface area contributed by atoms with E-state index in [0.29, 0.717) is 6.04 Å². The van der Waals surface area contributed by atoms with Gasteiger partial charge in [0.05, 0.1) is 6.61 Å². The number of likely N-dealkylation sites (N-methyl/N-ethyl adjacent to an activating group) is 1. The molecule has 0 saturated carbocycles. The van der Waals surface area contributed by atoms with Crippen LogP contribution in [0, 0.1) is 0 Å². The first-order chi connectivity index (χ1) is 7.22. The van der Waals surface area contributed by atoms with Crippen molar-refractivity contribution in [3.05, 3.63) is 0 Å². The van der Waals surface area contributed by atoms with E-state index in [0.717, 1.165) is 32.8 Å². The first-order valence-electron chi connectivity index (χ1n) is 6.21. The van der Waals surface area contributed by atoms with E-state index in [-0.39, 0.29) is 0 Å². The summed E-state index contributed by atoms with van der Waals surface area (Å²) in [5.74, 6) is 0. The van der Waals surface area contributed by atoms with Crippen LogP contribution in [0.3, 0.4) is 0 Å². The Labute approximate surface area is 95.2 Å². The molecule has 3 heteroatoms. The molecule has 3 nitrogen and oxygen atoms in total. The molecule has 0 aromatic heterocycles. The highest BCUT2D eigenvalue weighted by Gasteiger charge is 2.06. The van der Waals surface area contributed by atoms with E-state index in [1.807, 2.05) is 6.92 Å². The number of nitrogens with zero attached hydrogens (tertiary/aromatic N) is 1. The SMILES string of the molecule is CCCC(C)N(C)CCNCCOCC. The molecule has 0 spiro atoms. The van der Waals surface area contributed by atoms with Crippen molar-refractivity contribution in [1.29, 1.82) is 0 Å². The molecule has 0 aliphatic rings. The van der Waals surface area contributed by atoms with Crippen molar-refractivity contribution in [2.75, 3.05) is 39.9 Å². The summed E-state index contributed by atoms with van der Waals surface area (Å²) < 4.78 is 5.25. The van der Waals surface area contributed by atoms with E-state index in [1.54, 1.807) is 0 Å². The fraction of sp³-hybridized carbons (Fsp3) is 1.00. The number of hydrogen-bond acceptors (Lipinski definition) is 3. The van der Waals surface area contributed by atoms with Crippen LogP contribution in [0.2, 0.25) is 0 Å². The summed E-state index contributed by atoms with van der Waals surface area (Å²) in [4.78, 5) is 2.41. The summed E-state index contributed by atoms with van der Waals surface area (Å²) in [6.07, 6.45) is 2.55. The van der Waals surface area contributed by atoms with Crippen molar-refractivity contribution in [1.82, 2.24) is 10.2 Å². The normalized spacial score (nSPS) is 13.4. The van der Waals surface area contributed by atoms with Crippen molar-refractivity contribution in [2.24, 2.45) is 0 Å². The van der Waals surface area contributed by atoms with Crippen LogP contribution in [0.15, 0.2) is 0 Å². The van der Waals surface area contributed by atoms with Gasteiger partial charge in [0.1, 0.15) is 0 Å². The van der Waals surface area contributed by atoms with Gasteiger partial charge in [-0.15, -0.1) is 0 Å². The molecule has 1 atom stereocenters. The van der Waals surface area contributed by atoms with Gasteiger partial charge >= 0.3 is 0 Å². The Morgan fingerprint density at radius 3 is 2.60 bits per heavy atom. The van der Waals surface area contributed by atoms with Crippen LogP contribution in [0.1, 0.15) is 33.6 Å². The zero-order valence-corrected chi connectivity index (χ0v) is 10.9. The standard InChI is InChI=1S/C12H28N2O/c1-5-7-12(3)14(4)10-8-13-9-11-15-6-2/h12-13H,5-11H2,1-4H3. The molecule has 0 heterocycles. The van der Waals surface area contributed by atoms with Crippen LogP contribution in [0.4, 0.5) is 0 Å². The molecule has 0 aromatic rings. The van der Waals surface area contributed by atoms with Gasteiger partial charge in [-0.25, -0.2) is 0 Å². The fourth-order valence-electron chi connectivity index (χ4n) is 1.53. The Hall–Kier alpha value is -0.120. The van der Waals surface area contributed by atoms with Gasteiger partial charge in [0.25, 0.3) is 0 Å². The number of hydrogen-bond donors (Lipinski definition) is 1. The third-order valence-corrected chi connectivity index (χ3v) is 2.73. The van der Waals surface area contributed by atoms with Crippen LogP contribution < -0.4 is 5.32 Å². The van der Waals surface area contributed by atoms with Crippen LogP contribution in [0.5, 0.6) is 0 Å². The molecule has 1 N–H and O–H groups in total. The Bertz CT molecular complexity index is 131. The molecule has 0 aliphatic heterocycles. The zero-order chi connectivity index (χ0) is 11.5. The van der Waals surface area contributed by atoms with Crippen LogP contribution in [0.25, 0.3) is 0 Å². The summed E-state index contributed by atoms with van der Waals surface area (Å²) in [7, 11) is 2.20. The first-order valence-corrected chi connectivity index (χ1v) is 6.21. The third kappa shape index (κ3) is 8.85. The van der Waals surface area contributed by atoms with Crippen molar-refractivity contribution in [2.45, 2.75) is 39.7 Å². The Morgan fingerprint density at radius 2 is 2.00 bits per heavy atom. The second kappa shape index (κ2) is 10.4. The minimum atomic E-state index is 0.698. The van der Waals surface area contributed by atoms with Crippen LogP contribution >= 0.6 is 0 Å². The molecule has 0 aromatic carbocycles. The minimum Gasteiger partial charge on any atom is -0.380 e. The summed E-state index contributed by atoms with van der Waals surface area (Å²) in [6, 6.07) is 0.698. The summed E-state index contributed by atoms with van der Waals surface area (Å²) >= 11 is 0. The minimum absolute atomic E-state index is 0.698. The molecule has 0 fully saturated rings. The van der Waals surface area contributed by atoms with Gasteiger partial charge in [-0.2, -0.15) is 0 Å². The van der Waals surface area contributed by atoms with Gasteiger partial charge in [0, 0.05) is 32.3 Å². The van der Waals surface area contributed by atoms with E-state index in [9.17, 15) is 0 Å². The predicted molar refractivity (Wildman–Crippen MR) is 66.4 cm³/mol. The summed E-state index contributed by atoms with van der Waals surface area (Å²) in [6.45, 7) is 11.3. The molecule has 0 saturated heterocycles. The highest BCUT2D eigenvalue weighted by molar-refractivity contribution is 4.63. The van der Waals surface area contributed by atoms with Gasteiger partial charge < -0.3 is 15.0 Å². The molecular weight excluding hydrogens is 188 g/mol. The Morgan fingerprint density at radius 1 is 1.27 bits per heavy atom. The maximum absolute atomic E-state index is 5.25. The van der Waals surface area contributed by atoms with Gasteiger partial charge in [-0.3, -0.25) is 0 Å². The van der Waals surface area contributed by atoms with Gasteiger partial charge in [-0.05, 0) is 27.3 Å². The first kappa shape index (κ1) is 14.9. The lowest BCUT2D eigenvalue weighted by Gasteiger charge is -2.24. The average Bonchev–Trinajstić information content (AvgIpc) is 2.23. The fourth-order valence-corrected chi connectivity index (χ4v) is 1.53. The van der Waals surface area contributed by atoms with E-state index in [4.69, 9.17) is 4.74 Å². The molecule has 1 unspecified atom stereocenters. The number of nitrogens with one attached hydrogen (secondary N) is 1. The Kier molecular flexibility index (Phi) is 10.3. The predicted octanol–water partition coefficient (Wildman–Crippen LogP) is 1.73. The van der Waals surface area contributed by atoms with Gasteiger partial charge in [0.2, 0.25) is 0 Å². The quantitative estimate of drug-likeness (QED) is 0.563. The monoisotopic (exact) mass is 216 g/mol. The summed E-state index contributed by atoms with van der Waals surface area (Å²) in [5, 5.41) is 3.38. The van der Waals surface area contributed by atoms with Gasteiger partial charge in [-0.1, -0.05) is 13.3 Å². The van der Waals surface area contributed by atoms with Crippen molar-refractivity contribution in [3.8, 4) is 0 Å². The van der Waals surface area contributed by atoms with Crippen molar-refractivity contribution >= 4 is 0 Å². The largest absolute Gasteiger partial charge is 0.380 e. The highest BCUT2D eigenvalue weighted by Crippen LogP contribution is 2.02. The molecule has 0 rings (SSSR count). The Balaban J connectivity index is 3.26.